The third-order valence-corrected chi connectivity index (χ3v) is 7.68. The van der Waals surface area contributed by atoms with Gasteiger partial charge in [-0.15, -0.1) is 0 Å². The van der Waals surface area contributed by atoms with Crippen LogP contribution in [-0.4, -0.2) is 48.9 Å². The largest absolute Gasteiger partial charge is 0.493 e. The van der Waals surface area contributed by atoms with Gasteiger partial charge in [0.15, 0.2) is 16.4 Å². The lowest BCUT2D eigenvalue weighted by atomic mass is 10.2. The highest BCUT2D eigenvalue weighted by molar-refractivity contribution is 8.18. The molecular weight excluding hydrogens is 562 g/mol. The van der Waals surface area contributed by atoms with Gasteiger partial charge in [0.25, 0.3) is 16.8 Å². The Morgan fingerprint density at radius 1 is 1.07 bits per heavy atom. The van der Waals surface area contributed by atoms with Gasteiger partial charge >= 0.3 is 10.1 Å². The number of aryl methyl sites for hydroxylation is 1. The zero-order chi connectivity index (χ0) is 29.0. The lowest BCUT2D eigenvalue weighted by Gasteiger charge is -2.13. The molecule has 1 N–H and O–H groups in total. The molecule has 12 nitrogen and oxygen atoms in total. The fraction of sp³-hybridized carbons (Fsp3) is 0.115. The fourth-order valence-electron chi connectivity index (χ4n) is 3.68. The SMILES string of the molecule is COc1cc(/C=C2\SC(=O)N(CC(=O)Nc3cccc(C)c3)C2=O)ccc1OS(=O)(=O)c1ccccc1[N+](=O)[O-]. The number of imide groups is 1. The van der Waals surface area contributed by atoms with Crippen LogP contribution in [0.15, 0.2) is 76.5 Å². The minimum Gasteiger partial charge on any atom is -0.493 e. The van der Waals surface area contributed by atoms with E-state index in [1.54, 1.807) is 18.2 Å². The number of benzene rings is 3. The molecule has 206 valence electrons. The first-order valence-electron chi connectivity index (χ1n) is 11.5. The second-order valence-electron chi connectivity index (χ2n) is 8.36. The van der Waals surface area contributed by atoms with E-state index in [0.717, 1.165) is 22.6 Å². The molecule has 3 amide bonds. The lowest BCUT2D eigenvalue weighted by Crippen LogP contribution is -2.36. The molecule has 3 aromatic carbocycles. The summed E-state index contributed by atoms with van der Waals surface area (Å²) in [5.74, 6) is -1.52. The molecule has 0 spiro atoms. The van der Waals surface area contributed by atoms with E-state index < -0.39 is 49.2 Å². The van der Waals surface area contributed by atoms with E-state index in [1.165, 1.54) is 43.5 Å². The van der Waals surface area contributed by atoms with E-state index >= 15 is 0 Å². The maximum absolute atomic E-state index is 12.9. The first kappa shape index (κ1) is 28.3. The van der Waals surface area contributed by atoms with Crippen LogP contribution in [0.1, 0.15) is 11.1 Å². The topological polar surface area (TPSA) is 162 Å². The van der Waals surface area contributed by atoms with Crippen molar-refractivity contribution in [2.75, 3.05) is 19.0 Å². The molecule has 14 heteroatoms. The van der Waals surface area contributed by atoms with Crippen LogP contribution < -0.4 is 14.2 Å². The van der Waals surface area contributed by atoms with Crippen LogP contribution in [0.4, 0.5) is 16.2 Å². The Morgan fingerprint density at radius 3 is 2.52 bits per heavy atom. The van der Waals surface area contributed by atoms with Gasteiger partial charge in [0, 0.05) is 11.8 Å². The second kappa shape index (κ2) is 11.6. The zero-order valence-corrected chi connectivity index (χ0v) is 22.7. The Kier molecular flexibility index (Phi) is 8.21. The first-order chi connectivity index (χ1) is 19.0. The number of nitrogens with zero attached hydrogens (tertiary/aromatic N) is 2. The molecule has 1 aliphatic rings. The van der Waals surface area contributed by atoms with Crippen LogP contribution >= 0.6 is 11.8 Å². The third kappa shape index (κ3) is 6.30. The van der Waals surface area contributed by atoms with Crippen molar-refractivity contribution in [2.45, 2.75) is 11.8 Å². The highest BCUT2D eigenvalue weighted by Crippen LogP contribution is 2.36. The summed E-state index contributed by atoms with van der Waals surface area (Å²) in [4.78, 5) is 48.4. The molecule has 4 rings (SSSR count). The van der Waals surface area contributed by atoms with Crippen LogP contribution in [0.3, 0.4) is 0 Å². The predicted molar refractivity (Wildman–Crippen MR) is 146 cm³/mol. The number of nitrogens with one attached hydrogen (secondary N) is 1. The molecule has 0 bridgehead atoms. The normalized spacial score (nSPS) is 14.3. The average molecular weight is 584 g/mol. The van der Waals surface area contributed by atoms with Crippen molar-refractivity contribution >= 4 is 56.4 Å². The van der Waals surface area contributed by atoms with E-state index in [-0.39, 0.29) is 16.4 Å². The Labute approximate surface area is 232 Å². The number of hydrogen-bond acceptors (Lipinski definition) is 10. The summed E-state index contributed by atoms with van der Waals surface area (Å²) < 4.78 is 35.9. The summed E-state index contributed by atoms with van der Waals surface area (Å²) in [5, 5.41) is 13.3. The van der Waals surface area contributed by atoms with Crippen molar-refractivity contribution in [3.8, 4) is 11.5 Å². The van der Waals surface area contributed by atoms with Crippen molar-refractivity contribution in [1.29, 1.82) is 0 Å². The third-order valence-electron chi connectivity index (χ3n) is 5.49. The fourth-order valence-corrected chi connectivity index (χ4v) is 5.63. The van der Waals surface area contributed by atoms with Crippen molar-refractivity contribution < 1.29 is 36.6 Å². The van der Waals surface area contributed by atoms with Gasteiger partial charge < -0.3 is 14.2 Å². The number of nitro groups is 1. The van der Waals surface area contributed by atoms with E-state index in [2.05, 4.69) is 5.32 Å². The minimum atomic E-state index is -4.60. The number of hydrogen-bond donors (Lipinski definition) is 1. The molecule has 3 aromatic rings. The number of ether oxygens (including phenoxy) is 1. The van der Waals surface area contributed by atoms with E-state index in [1.807, 2.05) is 13.0 Å². The lowest BCUT2D eigenvalue weighted by molar-refractivity contribution is -0.387. The number of para-hydroxylation sites is 1. The van der Waals surface area contributed by atoms with E-state index in [9.17, 15) is 32.9 Å². The van der Waals surface area contributed by atoms with Gasteiger partial charge in [-0.1, -0.05) is 30.3 Å². The van der Waals surface area contributed by atoms with E-state index in [4.69, 9.17) is 8.92 Å². The summed E-state index contributed by atoms with van der Waals surface area (Å²) in [5.41, 5.74) is 1.17. The van der Waals surface area contributed by atoms with Crippen molar-refractivity contribution in [3.63, 3.8) is 0 Å². The standard InChI is InChI=1S/C26H21N3O9S2/c1-16-6-5-7-18(12-16)27-24(30)15-28-25(31)22(39-26(28)32)14-17-10-11-20(21(13-17)37-2)38-40(35,36)23-9-4-3-8-19(23)29(33)34/h3-14H,15H2,1-2H3,(H,27,30)/b22-14-. The summed E-state index contributed by atoms with van der Waals surface area (Å²) >= 11 is 0.643. The van der Waals surface area contributed by atoms with Crippen molar-refractivity contribution in [2.24, 2.45) is 0 Å². The molecule has 0 aromatic heterocycles. The van der Waals surface area contributed by atoms with Gasteiger partial charge in [-0.25, -0.2) is 0 Å². The van der Waals surface area contributed by atoms with Gasteiger partial charge in [0.05, 0.1) is 16.9 Å². The Balaban J connectivity index is 1.51. The molecule has 1 aliphatic heterocycles. The Morgan fingerprint density at radius 2 is 1.82 bits per heavy atom. The Hall–Kier alpha value is -4.69. The molecule has 1 heterocycles. The predicted octanol–water partition coefficient (Wildman–Crippen LogP) is 4.35. The van der Waals surface area contributed by atoms with Gasteiger partial charge in [-0.05, 0) is 66.2 Å². The molecule has 0 unspecified atom stereocenters. The summed E-state index contributed by atoms with van der Waals surface area (Å²) in [6, 6.07) is 15.8. The molecule has 0 atom stereocenters. The van der Waals surface area contributed by atoms with Crippen molar-refractivity contribution in [3.05, 3.63) is 92.9 Å². The zero-order valence-electron chi connectivity index (χ0n) is 21.0. The maximum Gasteiger partial charge on any atom is 0.346 e. The number of methoxy groups -OCH3 is 1. The number of rotatable bonds is 9. The van der Waals surface area contributed by atoms with E-state index in [0.29, 0.717) is 23.0 Å². The van der Waals surface area contributed by atoms with Crippen molar-refractivity contribution in [1.82, 2.24) is 4.90 Å². The van der Waals surface area contributed by atoms with Crippen LogP contribution in [0.5, 0.6) is 11.5 Å². The van der Waals surface area contributed by atoms with Crippen LogP contribution in [0.2, 0.25) is 0 Å². The van der Waals surface area contributed by atoms with Crippen LogP contribution in [0.25, 0.3) is 6.08 Å². The minimum absolute atomic E-state index is 0.0385. The molecule has 1 fully saturated rings. The van der Waals surface area contributed by atoms with Crippen LogP contribution in [-0.2, 0) is 19.7 Å². The van der Waals surface area contributed by atoms with Gasteiger partial charge in [0.1, 0.15) is 6.54 Å². The smallest absolute Gasteiger partial charge is 0.346 e. The summed E-state index contributed by atoms with van der Waals surface area (Å²) in [7, 11) is -3.35. The molecule has 0 aliphatic carbocycles. The molecule has 1 saturated heterocycles. The quantitative estimate of drug-likeness (QED) is 0.166. The Bertz CT molecular complexity index is 1670. The van der Waals surface area contributed by atoms with Gasteiger partial charge in [-0.3, -0.25) is 29.4 Å². The first-order valence-corrected chi connectivity index (χ1v) is 13.7. The number of carbonyl (C=O) groups is 3. The van der Waals surface area contributed by atoms with Gasteiger partial charge in [-0.2, -0.15) is 8.42 Å². The number of amides is 3. The molecular formula is C26H21N3O9S2. The number of thioether (sulfide) groups is 1. The molecule has 40 heavy (non-hydrogen) atoms. The molecule has 0 saturated carbocycles. The highest BCUT2D eigenvalue weighted by Gasteiger charge is 2.36. The second-order valence-corrected chi connectivity index (χ2v) is 10.9. The maximum atomic E-state index is 12.9. The van der Waals surface area contributed by atoms with Gasteiger partial charge in [0.2, 0.25) is 5.91 Å². The number of anilines is 1. The highest BCUT2D eigenvalue weighted by atomic mass is 32.2. The summed E-state index contributed by atoms with van der Waals surface area (Å²) in [6.45, 7) is 1.38. The average Bonchev–Trinajstić information content (AvgIpc) is 3.16. The number of carbonyl (C=O) groups excluding carboxylic acids is 3. The summed E-state index contributed by atoms with van der Waals surface area (Å²) in [6.07, 6.45) is 1.38. The number of nitro benzene ring substituents is 1. The monoisotopic (exact) mass is 583 g/mol. The van der Waals surface area contributed by atoms with Crippen LogP contribution in [0, 0.1) is 17.0 Å². The molecule has 0 radical (unpaired) electrons.